The van der Waals surface area contributed by atoms with Gasteiger partial charge in [0.15, 0.2) is 5.96 Å². The van der Waals surface area contributed by atoms with E-state index in [9.17, 15) is 0 Å². The van der Waals surface area contributed by atoms with E-state index in [0.29, 0.717) is 6.10 Å². The molecular weight excluding hydrogens is 443 g/mol. The van der Waals surface area contributed by atoms with Gasteiger partial charge in [-0.15, -0.1) is 24.0 Å². The minimum Gasteiger partial charge on any atom is -0.497 e. The molecule has 0 aromatic heterocycles. The summed E-state index contributed by atoms with van der Waals surface area (Å²) >= 11 is 0. The maximum atomic E-state index is 5.68. The van der Waals surface area contributed by atoms with Crippen LogP contribution in [0.25, 0.3) is 0 Å². The molecule has 2 saturated heterocycles. The Morgan fingerprint density at radius 3 is 2.54 bits per heavy atom. The van der Waals surface area contributed by atoms with E-state index in [4.69, 9.17) is 9.47 Å². The lowest BCUT2D eigenvalue weighted by Gasteiger charge is -2.37. The number of methoxy groups -OCH3 is 1. The first-order valence-corrected chi connectivity index (χ1v) is 9.26. The van der Waals surface area contributed by atoms with E-state index < -0.39 is 0 Å². The number of aliphatic imine (C=N–C) groups is 1. The van der Waals surface area contributed by atoms with Crippen molar-refractivity contribution in [1.82, 2.24) is 10.2 Å². The Balaban J connectivity index is 0.00000243. The molecule has 2 heterocycles. The minimum atomic E-state index is 0. The topological polar surface area (TPSA) is 49.3 Å². The first-order chi connectivity index (χ1) is 12.3. The van der Waals surface area contributed by atoms with Crippen LogP contribution in [0.2, 0.25) is 0 Å². The molecule has 146 valence electrons. The summed E-state index contributed by atoms with van der Waals surface area (Å²) in [6.45, 7) is 5.80. The summed E-state index contributed by atoms with van der Waals surface area (Å²) in [5.74, 6) is 1.91. The van der Waals surface area contributed by atoms with Crippen LogP contribution in [0.3, 0.4) is 0 Å². The Bertz CT molecular complexity index is 553. The Labute approximate surface area is 173 Å². The molecule has 2 aliphatic heterocycles. The van der Waals surface area contributed by atoms with Crippen LogP contribution in [0.5, 0.6) is 5.75 Å². The molecule has 3 rings (SSSR count). The van der Waals surface area contributed by atoms with Crippen LogP contribution >= 0.6 is 24.0 Å². The third-order valence-corrected chi connectivity index (χ3v) is 5.00. The number of anilines is 1. The fourth-order valence-corrected chi connectivity index (χ4v) is 3.52. The maximum absolute atomic E-state index is 5.68. The van der Waals surface area contributed by atoms with E-state index in [1.165, 1.54) is 18.5 Å². The Hall–Kier alpha value is -1.22. The standard InChI is InChI=1S/C19H30N4O2.HI/c1-20-19(21-10-9-18-4-3-15-25-18)23-13-11-22(12-14-23)16-5-7-17(24-2)8-6-16;/h5-8,18H,3-4,9-15H2,1-2H3,(H,20,21);1H. The molecule has 1 aromatic rings. The lowest BCUT2D eigenvalue weighted by Crippen LogP contribution is -2.52. The van der Waals surface area contributed by atoms with Crippen molar-refractivity contribution in [2.45, 2.75) is 25.4 Å². The van der Waals surface area contributed by atoms with Crippen LogP contribution in [0.15, 0.2) is 29.3 Å². The molecule has 1 atom stereocenters. The fraction of sp³-hybridized carbons (Fsp3) is 0.632. The molecule has 0 spiro atoms. The third kappa shape index (κ3) is 5.64. The highest BCUT2D eigenvalue weighted by atomic mass is 127. The minimum absolute atomic E-state index is 0. The third-order valence-electron chi connectivity index (χ3n) is 5.00. The molecular formula is C19H31IN4O2. The zero-order valence-corrected chi connectivity index (χ0v) is 18.1. The van der Waals surface area contributed by atoms with Crippen molar-refractivity contribution in [2.24, 2.45) is 4.99 Å². The Morgan fingerprint density at radius 1 is 1.23 bits per heavy atom. The Morgan fingerprint density at radius 2 is 1.96 bits per heavy atom. The van der Waals surface area contributed by atoms with Gasteiger partial charge >= 0.3 is 0 Å². The second-order valence-corrected chi connectivity index (χ2v) is 6.57. The van der Waals surface area contributed by atoms with E-state index in [-0.39, 0.29) is 24.0 Å². The van der Waals surface area contributed by atoms with Crippen LogP contribution in [0, 0.1) is 0 Å². The summed E-state index contributed by atoms with van der Waals surface area (Å²) in [5.41, 5.74) is 1.25. The van der Waals surface area contributed by atoms with Gasteiger partial charge in [0.1, 0.15) is 5.75 Å². The first kappa shape index (κ1) is 21.1. The zero-order valence-electron chi connectivity index (χ0n) is 15.8. The van der Waals surface area contributed by atoms with Crippen molar-refractivity contribution in [3.8, 4) is 5.75 Å². The highest BCUT2D eigenvalue weighted by Gasteiger charge is 2.20. The number of ether oxygens (including phenoxy) is 2. The maximum Gasteiger partial charge on any atom is 0.193 e. The van der Waals surface area contributed by atoms with Crippen molar-refractivity contribution < 1.29 is 9.47 Å². The van der Waals surface area contributed by atoms with Gasteiger partial charge in [-0.2, -0.15) is 0 Å². The molecule has 6 nitrogen and oxygen atoms in total. The summed E-state index contributed by atoms with van der Waals surface area (Å²) in [6.07, 6.45) is 3.88. The van der Waals surface area contributed by atoms with Crippen LogP contribution in [-0.2, 0) is 4.74 Å². The quantitative estimate of drug-likeness (QED) is 0.404. The van der Waals surface area contributed by atoms with Crippen molar-refractivity contribution >= 4 is 35.6 Å². The van der Waals surface area contributed by atoms with Gasteiger partial charge in [-0.3, -0.25) is 4.99 Å². The number of nitrogens with one attached hydrogen (secondary N) is 1. The Kier molecular flexibility index (Phi) is 8.77. The number of hydrogen-bond donors (Lipinski definition) is 1. The molecule has 7 heteroatoms. The average molecular weight is 474 g/mol. The van der Waals surface area contributed by atoms with E-state index in [1.807, 2.05) is 19.2 Å². The molecule has 2 fully saturated rings. The zero-order chi connectivity index (χ0) is 17.5. The van der Waals surface area contributed by atoms with Crippen molar-refractivity contribution in [1.29, 1.82) is 0 Å². The van der Waals surface area contributed by atoms with E-state index in [1.54, 1.807) is 7.11 Å². The van der Waals surface area contributed by atoms with Crippen molar-refractivity contribution in [3.05, 3.63) is 24.3 Å². The van der Waals surface area contributed by atoms with E-state index in [2.05, 4.69) is 32.2 Å². The molecule has 1 N–H and O–H groups in total. The number of nitrogens with zero attached hydrogens (tertiary/aromatic N) is 3. The summed E-state index contributed by atoms with van der Waals surface area (Å²) in [4.78, 5) is 9.21. The van der Waals surface area contributed by atoms with E-state index >= 15 is 0 Å². The van der Waals surface area contributed by atoms with Crippen LogP contribution in [0.4, 0.5) is 5.69 Å². The summed E-state index contributed by atoms with van der Waals surface area (Å²) in [6, 6.07) is 8.30. The largest absolute Gasteiger partial charge is 0.497 e. The number of benzene rings is 1. The van der Waals surface area contributed by atoms with Gasteiger partial charge in [0.05, 0.1) is 13.2 Å². The summed E-state index contributed by atoms with van der Waals surface area (Å²) in [7, 11) is 3.56. The molecule has 2 aliphatic rings. The van der Waals surface area contributed by atoms with Gasteiger partial charge in [0.25, 0.3) is 0 Å². The summed E-state index contributed by atoms with van der Waals surface area (Å²) in [5, 5.41) is 3.50. The van der Waals surface area contributed by atoms with Gasteiger partial charge in [-0.05, 0) is 43.5 Å². The van der Waals surface area contributed by atoms with Gasteiger partial charge < -0.3 is 24.6 Å². The molecule has 0 bridgehead atoms. The molecule has 0 amide bonds. The van der Waals surface area contributed by atoms with Gasteiger partial charge in [0.2, 0.25) is 0 Å². The van der Waals surface area contributed by atoms with Crippen molar-refractivity contribution in [2.75, 3.05) is 58.4 Å². The molecule has 1 unspecified atom stereocenters. The smallest absolute Gasteiger partial charge is 0.193 e. The van der Waals surface area contributed by atoms with E-state index in [0.717, 1.165) is 57.5 Å². The lowest BCUT2D eigenvalue weighted by molar-refractivity contribution is 0.105. The van der Waals surface area contributed by atoms with Crippen LogP contribution < -0.4 is 15.0 Å². The normalized spacial score (nSPS) is 20.7. The van der Waals surface area contributed by atoms with Crippen molar-refractivity contribution in [3.63, 3.8) is 0 Å². The van der Waals surface area contributed by atoms with Gasteiger partial charge in [0, 0.05) is 52.1 Å². The number of halogens is 1. The molecule has 0 aliphatic carbocycles. The first-order valence-electron chi connectivity index (χ1n) is 9.26. The highest BCUT2D eigenvalue weighted by molar-refractivity contribution is 14.0. The summed E-state index contributed by atoms with van der Waals surface area (Å²) < 4.78 is 10.9. The van der Waals surface area contributed by atoms with Gasteiger partial charge in [-0.25, -0.2) is 0 Å². The van der Waals surface area contributed by atoms with Crippen LogP contribution in [-0.4, -0.2) is 70.5 Å². The second-order valence-electron chi connectivity index (χ2n) is 6.57. The predicted octanol–water partition coefficient (Wildman–Crippen LogP) is 2.58. The number of guanidine groups is 1. The van der Waals surface area contributed by atoms with Gasteiger partial charge in [-0.1, -0.05) is 0 Å². The number of piperazine rings is 1. The fourth-order valence-electron chi connectivity index (χ4n) is 3.52. The number of rotatable bonds is 5. The molecule has 26 heavy (non-hydrogen) atoms. The molecule has 0 radical (unpaired) electrons. The molecule has 1 aromatic carbocycles. The highest BCUT2D eigenvalue weighted by Crippen LogP contribution is 2.20. The number of hydrogen-bond acceptors (Lipinski definition) is 4. The predicted molar refractivity (Wildman–Crippen MR) is 117 cm³/mol. The average Bonchev–Trinajstić information content (AvgIpc) is 3.19. The monoisotopic (exact) mass is 474 g/mol. The van der Waals surface area contributed by atoms with Crippen LogP contribution in [0.1, 0.15) is 19.3 Å². The lowest BCUT2D eigenvalue weighted by atomic mass is 10.2. The SMILES string of the molecule is CN=C(NCCC1CCCO1)N1CCN(c2ccc(OC)cc2)CC1.I. The molecule has 0 saturated carbocycles. The second kappa shape index (κ2) is 10.8.